The van der Waals surface area contributed by atoms with Gasteiger partial charge in [-0.2, -0.15) is 0 Å². The molecular weight excluding hydrogens is 210 g/mol. The van der Waals surface area contributed by atoms with Crippen molar-refractivity contribution in [3.8, 4) is 0 Å². The van der Waals surface area contributed by atoms with Crippen molar-refractivity contribution in [2.24, 2.45) is 5.92 Å². The molecule has 1 fully saturated rings. The Morgan fingerprint density at radius 1 is 1.18 bits per heavy atom. The SMILES string of the molecule is OCc1cccc2c1ccn2CC1CCCC1. The minimum Gasteiger partial charge on any atom is -0.392 e. The summed E-state index contributed by atoms with van der Waals surface area (Å²) in [6.45, 7) is 1.27. The summed E-state index contributed by atoms with van der Waals surface area (Å²) in [5.74, 6) is 0.850. The molecule has 0 bridgehead atoms. The zero-order valence-electron chi connectivity index (χ0n) is 10.1. The van der Waals surface area contributed by atoms with E-state index >= 15 is 0 Å². The molecule has 1 N–H and O–H groups in total. The van der Waals surface area contributed by atoms with Crippen LogP contribution in [-0.4, -0.2) is 9.67 Å². The van der Waals surface area contributed by atoms with Gasteiger partial charge < -0.3 is 9.67 Å². The second-order valence-corrected chi connectivity index (χ2v) is 5.13. The quantitative estimate of drug-likeness (QED) is 0.858. The lowest BCUT2D eigenvalue weighted by molar-refractivity contribution is 0.283. The van der Waals surface area contributed by atoms with Crippen LogP contribution in [-0.2, 0) is 13.2 Å². The van der Waals surface area contributed by atoms with Crippen LogP contribution in [0.5, 0.6) is 0 Å². The van der Waals surface area contributed by atoms with E-state index in [-0.39, 0.29) is 6.61 Å². The van der Waals surface area contributed by atoms with Crippen molar-refractivity contribution in [3.05, 3.63) is 36.0 Å². The van der Waals surface area contributed by atoms with Gasteiger partial charge in [-0.25, -0.2) is 0 Å². The molecule has 0 unspecified atom stereocenters. The Hall–Kier alpha value is -1.28. The lowest BCUT2D eigenvalue weighted by Gasteiger charge is -2.11. The van der Waals surface area contributed by atoms with E-state index in [1.165, 1.54) is 36.6 Å². The van der Waals surface area contributed by atoms with Crippen LogP contribution < -0.4 is 0 Å². The van der Waals surface area contributed by atoms with Crippen molar-refractivity contribution >= 4 is 10.9 Å². The predicted octanol–water partition coefficient (Wildman–Crippen LogP) is 3.32. The molecule has 0 spiro atoms. The van der Waals surface area contributed by atoms with Crippen molar-refractivity contribution in [2.75, 3.05) is 0 Å². The summed E-state index contributed by atoms with van der Waals surface area (Å²) >= 11 is 0. The molecule has 0 amide bonds. The molecule has 1 aromatic heterocycles. The molecule has 1 aromatic carbocycles. The van der Waals surface area contributed by atoms with E-state index in [1.807, 2.05) is 12.1 Å². The number of nitrogens with zero attached hydrogens (tertiary/aromatic N) is 1. The summed E-state index contributed by atoms with van der Waals surface area (Å²) in [6.07, 6.45) is 7.71. The summed E-state index contributed by atoms with van der Waals surface area (Å²) in [4.78, 5) is 0. The predicted molar refractivity (Wildman–Crippen MR) is 69.8 cm³/mol. The molecule has 2 heteroatoms. The van der Waals surface area contributed by atoms with Gasteiger partial charge in [0.05, 0.1) is 6.61 Å². The number of aliphatic hydroxyl groups is 1. The van der Waals surface area contributed by atoms with Crippen LogP contribution in [0, 0.1) is 5.92 Å². The highest BCUT2D eigenvalue weighted by Gasteiger charge is 2.16. The first-order valence-electron chi connectivity index (χ1n) is 6.56. The van der Waals surface area contributed by atoms with Crippen LogP contribution in [0.15, 0.2) is 30.5 Å². The lowest BCUT2D eigenvalue weighted by atomic mass is 10.1. The molecule has 3 rings (SSSR count). The molecule has 2 nitrogen and oxygen atoms in total. The van der Waals surface area contributed by atoms with Gasteiger partial charge >= 0.3 is 0 Å². The average Bonchev–Trinajstić information content (AvgIpc) is 2.99. The normalized spacial score (nSPS) is 17.0. The van der Waals surface area contributed by atoms with Gasteiger partial charge in [0, 0.05) is 23.6 Å². The maximum atomic E-state index is 9.32. The third-order valence-electron chi connectivity index (χ3n) is 4.00. The summed E-state index contributed by atoms with van der Waals surface area (Å²) in [6, 6.07) is 8.33. The third-order valence-corrected chi connectivity index (χ3v) is 4.00. The van der Waals surface area contributed by atoms with Gasteiger partial charge in [-0.1, -0.05) is 25.0 Å². The highest BCUT2D eigenvalue weighted by molar-refractivity contribution is 5.83. The number of rotatable bonds is 3. The summed E-state index contributed by atoms with van der Waals surface area (Å²) in [5.41, 5.74) is 2.30. The molecule has 0 saturated heterocycles. The Morgan fingerprint density at radius 3 is 2.76 bits per heavy atom. The topological polar surface area (TPSA) is 25.2 Å². The lowest BCUT2D eigenvalue weighted by Crippen LogP contribution is -2.05. The molecule has 1 aliphatic carbocycles. The number of benzene rings is 1. The minimum absolute atomic E-state index is 0.130. The molecule has 2 aromatic rings. The van der Waals surface area contributed by atoms with Gasteiger partial charge in [0.25, 0.3) is 0 Å². The van der Waals surface area contributed by atoms with Crippen molar-refractivity contribution in [3.63, 3.8) is 0 Å². The first kappa shape index (κ1) is 10.8. The zero-order chi connectivity index (χ0) is 11.7. The number of hydrogen-bond donors (Lipinski definition) is 1. The standard InChI is InChI=1S/C15H19NO/c17-11-13-6-3-7-15-14(13)8-9-16(15)10-12-4-1-2-5-12/h3,6-9,12,17H,1-2,4-5,10-11H2. The van der Waals surface area contributed by atoms with Gasteiger partial charge in [0.1, 0.15) is 0 Å². The van der Waals surface area contributed by atoms with Crippen LogP contribution in [0.3, 0.4) is 0 Å². The number of aliphatic hydroxyl groups excluding tert-OH is 1. The molecule has 0 radical (unpaired) electrons. The van der Waals surface area contributed by atoms with Crippen molar-refractivity contribution in [2.45, 2.75) is 38.8 Å². The maximum absolute atomic E-state index is 9.32. The summed E-state index contributed by atoms with van der Waals surface area (Å²) < 4.78 is 2.35. The largest absolute Gasteiger partial charge is 0.392 e. The van der Waals surface area contributed by atoms with E-state index in [0.29, 0.717) is 0 Å². The highest BCUT2D eigenvalue weighted by atomic mass is 16.3. The monoisotopic (exact) mass is 229 g/mol. The zero-order valence-corrected chi connectivity index (χ0v) is 10.1. The van der Waals surface area contributed by atoms with E-state index in [4.69, 9.17) is 0 Å². The first-order valence-corrected chi connectivity index (χ1v) is 6.56. The van der Waals surface area contributed by atoms with E-state index in [1.54, 1.807) is 0 Å². The van der Waals surface area contributed by atoms with Crippen LogP contribution in [0.1, 0.15) is 31.2 Å². The minimum atomic E-state index is 0.130. The fourth-order valence-corrected chi connectivity index (χ4v) is 3.06. The Balaban J connectivity index is 1.94. The molecule has 90 valence electrons. The summed E-state index contributed by atoms with van der Waals surface area (Å²) in [7, 11) is 0. The number of hydrogen-bond acceptors (Lipinski definition) is 1. The number of aromatic nitrogens is 1. The van der Waals surface area contributed by atoms with Crippen LogP contribution >= 0.6 is 0 Å². The first-order chi connectivity index (χ1) is 8.38. The Labute approximate surface area is 102 Å². The van der Waals surface area contributed by atoms with Gasteiger partial charge in [-0.3, -0.25) is 0 Å². The van der Waals surface area contributed by atoms with Crippen LogP contribution in [0.4, 0.5) is 0 Å². The molecule has 0 atom stereocenters. The van der Waals surface area contributed by atoms with Gasteiger partial charge in [-0.15, -0.1) is 0 Å². The van der Waals surface area contributed by atoms with Crippen molar-refractivity contribution < 1.29 is 5.11 Å². The molecule has 17 heavy (non-hydrogen) atoms. The molecule has 1 aliphatic rings. The van der Waals surface area contributed by atoms with Gasteiger partial charge in [0.2, 0.25) is 0 Å². The fourth-order valence-electron chi connectivity index (χ4n) is 3.06. The molecule has 1 saturated carbocycles. The highest BCUT2D eigenvalue weighted by Crippen LogP contribution is 2.28. The fraction of sp³-hybridized carbons (Fsp3) is 0.467. The molecule has 0 aliphatic heterocycles. The Bertz CT molecular complexity index is 509. The number of fused-ring (bicyclic) bond motifs is 1. The van der Waals surface area contributed by atoms with E-state index in [0.717, 1.165) is 18.0 Å². The molecular formula is C15H19NO. The summed E-state index contributed by atoms with van der Waals surface area (Å²) in [5, 5.41) is 10.5. The van der Waals surface area contributed by atoms with Crippen LogP contribution in [0.25, 0.3) is 10.9 Å². The Kier molecular flexibility index (Phi) is 2.89. The third kappa shape index (κ3) is 1.98. The van der Waals surface area contributed by atoms with E-state index in [9.17, 15) is 5.11 Å². The average molecular weight is 229 g/mol. The van der Waals surface area contributed by atoms with Gasteiger partial charge in [-0.05, 0) is 36.5 Å². The van der Waals surface area contributed by atoms with Gasteiger partial charge in [0.15, 0.2) is 0 Å². The van der Waals surface area contributed by atoms with Crippen molar-refractivity contribution in [1.29, 1.82) is 0 Å². The molecule has 1 heterocycles. The van der Waals surface area contributed by atoms with Crippen molar-refractivity contribution in [1.82, 2.24) is 4.57 Å². The van der Waals surface area contributed by atoms with E-state index < -0.39 is 0 Å². The van der Waals surface area contributed by atoms with Crippen LogP contribution in [0.2, 0.25) is 0 Å². The second-order valence-electron chi connectivity index (χ2n) is 5.13. The van der Waals surface area contributed by atoms with E-state index in [2.05, 4.69) is 22.9 Å². The smallest absolute Gasteiger partial charge is 0.0688 e. The Morgan fingerprint density at radius 2 is 2.00 bits per heavy atom. The maximum Gasteiger partial charge on any atom is 0.0688 e. The second kappa shape index (κ2) is 4.53.